The summed E-state index contributed by atoms with van der Waals surface area (Å²) in [6, 6.07) is 10.5. The number of Topliss-reactive ketones (excluding diaryl/α,β-unsaturated/α-hetero) is 1. The van der Waals surface area contributed by atoms with Gasteiger partial charge in [-0.3, -0.25) is 9.59 Å². The van der Waals surface area contributed by atoms with Gasteiger partial charge < -0.3 is 14.0 Å². The van der Waals surface area contributed by atoms with E-state index in [1.54, 1.807) is 12.1 Å². The number of rotatable bonds is 9. The molecule has 6 nitrogen and oxygen atoms in total. The number of ether oxygens (including phenoxy) is 2. The summed E-state index contributed by atoms with van der Waals surface area (Å²) in [4.78, 5) is 32.0. The average Bonchev–Trinajstić information content (AvgIpc) is 3.54. The topological polar surface area (TPSA) is 70.4 Å². The lowest BCUT2D eigenvalue weighted by Crippen LogP contribution is -2.53. The molecule has 9 heteroatoms. The fraction of sp³-hybridized carbons (Fsp3) is 0.516. The molecular formula is C31H36ClFN2O4S. The number of thioether (sulfide) groups is 1. The quantitative estimate of drug-likeness (QED) is 0.189. The van der Waals surface area contributed by atoms with E-state index >= 15 is 0 Å². The molecule has 0 amide bonds. The third-order valence-electron chi connectivity index (χ3n) is 7.94. The van der Waals surface area contributed by atoms with E-state index in [1.165, 1.54) is 6.07 Å². The van der Waals surface area contributed by atoms with Crippen molar-refractivity contribution in [3.63, 3.8) is 0 Å². The number of imidazole rings is 1. The van der Waals surface area contributed by atoms with Crippen LogP contribution in [0, 0.1) is 11.7 Å². The van der Waals surface area contributed by atoms with E-state index in [4.69, 9.17) is 26.1 Å². The first-order valence-corrected chi connectivity index (χ1v) is 15.4. The highest BCUT2D eigenvalue weighted by atomic mass is 35.5. The molecule has 2 unspecified atom stereocenters. The largest absolute Gasteiger partial charge is 0.488 e. The Kier molecular flexibility index (Phi) is 8.48. The third kappa shape index (κ3) is 5.89. The molecule has 3 aromatic rings. The molecule has 2 heterocycles. The van der Waals surface area contributed by atoms with Crippen LogP contribution in [0.5, 0.6) is 5.75 Å². The number of halogens is 2. The van der Waals surface area contributed by atoms with Crippen molar-refractivity contribution in [1.82, 2.24) is 9.55 Å². The minimum Gasteiger partial charge on any atom is -0.488 e. The lowest BCUT2D eigenvalue weighted by molar-refractivity contribution is -0.177. The smallest absolute Gasteiger partial charge is 0.327 e. The second kappa shape index (κ2) is 11.7. The lowest BCUT2D eigenvalue weighted by Gasteiger charge is -2.42. The maximum absolute atomic E-state index is 14.7. The van der Waals surface area contributed by atoms with Gasteiger partial charge in [-0.15, -0.1) is 0 Å². The van der Waals surface area contributed by atoms with E-state index in [1.807, 2.05) is 50.5 Å². The number of carbonyl (C=O) groups is 2. The van der Waals surface area contributed by atoms with Crippen LogP contribution < -0.4 is 4.74 Å². The summed E-state index contributed by atoms with van der Waals surface area (Å²) in [7, 11) is 0. The fourth-order valence-corrected chi connectivity index (χ4v) is 7.40. The zero-order valence-electron chi connectivity index (χ0n) is 23.4. The summed E-state index contributed by atoms with van der Waals surface area (Å²) in [5, 5.41) is 0.188. The average molecular weight is 587 g/mol. The van der Waals surface area contributed by atoms with Gasteiger partial charge in [-0.25, -0.2) is 9.37 Å². The molecule has 0 spiro atoms. The Bertz CT molecular complexity index is 1400. The zero-order chi connectivity index (χ0) is 28.6. The molecule has 214 valence electrons. The number of ketones is 1. The van der Waals surface area contributed by atoms with Crippen LogP contribution in [-0.4, -0.2) is 38.3 Å². The van der Waals surface area contributed by atoms with E-state index in [-0.39, 0.29) is 36.0 Å². The molecule has 1 saturated carbocycles. The number of nitrogens with zero attached hydrogens (tertiary/aromatic N) is 2. The predicted octanol–water partition coefficient (Wildman–Crippen LogP) is 7.74. The summed E-state index contributed by atoms with van der Waals surface area (Å²) < 4.78 is 28.5. The first kappa shape index (κ1) is 28.9. The maximum Gasteiger partial charge on any atom is 0.327 e. The number of carbonyl (C=O) groups excluding carboxylic acids is 2. The van der Waals surface area contributed by atoms with Gasteiger partial charge in [0.15, 0.2) is 27.8 Å². The normalized spacial score (nSPS) is 22.1. The van der Waals surface area contributed by atoms with E-state index in [0.717, 1.165) is 54.0 Å². The summed E-state index contributed by atoms with van der Waals surface area (Å²) in [6.07, 6.45) is 4.93. The number of hydrogen-bond acceptors (Lipinski definition) is 6. The van der Waals surface area contributed by atoms with Gasteiger partial charge >= 0.3 is 5.97 Å². The molecule has 2 atom stereocenters. The first-order valence-electron chi connectivity index (χ1n) is 14.1. The minimum atomic E-state index is -0.982. The van der Waals surface area contributed by atoms with E-state index < -0.39 is 22.6 Å². The van der Waals surface area contributed by atoms with Gasteiger partial charge in [0.05, 0.1) is 17.1 Å². The summed E-state index contributed by atoms with van der Waals surface area (Å²) in [5.41, 5.74) is 1.53. The van der Waals surface area contributed by atoms with Crippen LogP contribution in [0.2, 0.25) is 5.02 Å². The number of fused-ring (bicyclic) bond motifs is 1. The van der Waals surface area contributed by atoms with Crippen LogP contribution in [0.25, 0.3) is 11.0 Å². The van der Waals surface area contributed by atoms with Gasteiger partial charge in [0.1, 0.15) is 5.60 Å². The highest BCUT2D eigenvalue weighted by Crippen LogP contribution is 2.46. The molecule has 0 bridgehead atoms. The maximum atomic E-state index is 14.7. The van der Waals surface area contributed by atoms with Crippen molar-refractivity contribution in [2.75, 3.05) is 0 Å². The zero-order valence-corrected chi connectivity index (χ0v) is 25.0. The number of benzene rings is 2. The Hall–Kier alpha value is -2.58. The second-order valence-corrected chi connectivity index (χ2v) is 13.0. The number of esters is 1. The third-order valence-corrected chi connectivity index (χ3v) is 9.36. The standard InChI is InChI=1S/C31H36ClFN2O4S/c1-18(2)35-25-11-10-22(32)16-24(25)34-30(35)40-28-26(36)17-31(39-29(28)37,21-7-5-6-8-21)14-13-20-9-12-27(23(33)15-20)38-19(3)4/h9-12,15-16,18-19,21,28H,5-8,13-14,17H2,1-4H3. The SMILES string of the molecule is CC(C)Oc1ccc(CCC2(C3CCCC3)CC(=O)C(Sc3nc4cc(Cl)ccc4n3C(C)C)C(=O)O2)cc1F. The van der Waals surface area contributed by atoms with Crippen LogP contribution in [0.3, 0.4) is 0 Å². The van der Waals surface area contributed by atoms with E-state index in [2.05, 4.69) is 0 Å². The van der Waals surface area contributed by atoms with E-state index in [9.17, 15) is 14.0 Å². The summed E-state index contributed by atoms with van der Waals surface area (Å²) in [6.45, 7) is 7.78. The Morgan fingerprint density at radius 3 is 2.55 bits per heavy atom. The molecule has 0 N–H and O–H groups in total. The van der Waals surface area contributed by atoms with Gasteiger partial charge in [-0.2, -0.15) is 0 Å². The first-order chi connectivity index (χ1) is 19.1. The fourth-order valence-electron chi connectivity index (χ4n) is 6.09. The van der Waals surface area contributed by atoms with Gasteiger partial charge in [-0.1, -0.05) is 42.3 Å². The predicted molar refractivity (Wildman–Crippen MR) is 156 cm³/mol. The van der Waals surface area contributed by atoms with Crippen molar-refractivity contribution in [1.29, 1.82) is 0 Å². The van der Waals surface area contributed by atoms with Gasteiger partial charge in [-0.05, 0) is 95.2 Å². The molecular weight excluding hydrogens is 551 g/mol. The minimum absolute atomic E-state index is 0.0682. The number of aryl methyl sites for hydroxylation is 1. The van der Waals surface area contributed by atoms with Crippen LogP contribution in [0.15, 0.2) is 41.6 Å². The Balaban J connectivity index is 1.37. The molecule has 2 fully saturated rings. The second-order valence-electron chi connectivity index (χ2n) is 11.5. The highest BCUT2D eigenvalue weighted by Gasteiger charge is 2.52. The van der Waals surface area contributed by atoms with Gasteiger partial charge in [0.2, 0.25) is 0 Å². The number of aromatic nitrogens is 2. The van der Waals surface area contributed by atoms with Crippen LogP contribution in [0.4, 0.5) is 4.39 Å². The van der Waals surface area contributed by atoms with Crippen molar-refractivity contribution in [2.24, 2.45) is 5.92 Å². The van der Waals surface area contributed by atoms with Crippen molar-refractivity contribution >= 4 is 46.1 Å². The van der Waals surface area contributed by atoms with E-state index in [0.29, 0.717) is 23.0 Å². The van der Waals surface area contributed by atoms with Gasteiger partial charge in [0.25, 0.3) is 0 Å². The molecule has 2 aliphatic rings. The van der Waals surface area contributed by atoms with Crippen molar-refractivity contribution < 1.29 is 23.5 Å². The van der Waals surface area contributed by atoms with Crippen molar-refractivity contribution in [3.05, 3.63) is 52.8 Å². The van der Waals surface area contributed by atoms with Crippen LogP contribution in [0.1, 0.15) is 77.8 Å². The molecule has 1 aliphatic heterocycles. The Morgan fingerprint density at radius 2 is 1.90 bits per heavy atom. The van der Waals surface area contributed by atoms with Crippen molar-refractivity contribution in [2.45, 2.75) is 101 Å². The molecule has 0 radical (unpaired) electrons. The molecule has 5 rings (SSSR count). The van der Waals surface area contributed by atoms with Gasteiger partial charge in [0, 0.05) is 17.5 Å². The molecule has 1 aromatic heterocycles. The Morgan fingerprint density at radius 1 is 1.15 bits per heavy atom. The summed E-state index contributed by atoms with van der Waals surface area (Å²) in [5.74, 6) is -0.732. The molecule has 2 aromatic carbocycles. The van der Waals surface area contributed by atoms with Crippen LogP contribution >= 0.6 is 23.4 Å². The molecule has 1 saturated heterocycles. The monoisotopic (exact) mass is 586 g/mol. The number of cyclic esters (lactones) is 1. The molecule has 1 aliphatic carbocycles. The highest BCUT2D eigenvalue weighted by molar-refractivity contribution is 8.01. The van der Waals surface area contributed by atoms with Crippen molar-refractivity contribution in [3.8, 4) is 5.75 Å². The lowest BCUT2D eigenvalue weighted by atomic mass is 9.76. The summed E-state index contributed by atoms with van der Waals surface area (Å²) >= 11 is 7.34. The Labute approximate surface area is 244 Å². The molecule has 40 heavy (non-hydrogen) atoms. The number of hydrogen-bond donors (Lipinski definition) is 0. The van der Waals surface area contributed by atoms with Crippen LogP contribution in [-0.2, 0) is 20.7 Å².